The molecule has 0 fully saturated rings. The highest BCUT2D eigenvalue weighted by Gasteiger charge is 2.25. The average Bonchev–Trinajstić information content (AvgIpc) is 2.52. The molecule has 0 radical (unpaired) electrons. The van der Waals surface area contributed by atoms with Gasteiger partial charge in [0.05, 0.1) is 10.6 Å². The Morgan fingerprint density at radius 3 is 2.14 bits per heavy atom. The van der Waals surface area contributed by atoms with Crippen molar-refractivity contribution in [1.82, 2.24) is 24.0 Å². The van der Waals surface area contributed by atoms with Gasteiger partial charge in [-0.15, -0.1) is 0 Å². The van der Waals surface area contributed by atoms with Gasteiger partial charge < -0.3 is 0 Å². The van der Waals surface area contributed by atoms with E-state index in [0.29, 0.717) is 11.6 Å². The van der Waals surface area contributed by atoms with Gasteiger partial charge >= 0.3 is 6.03 Å². The maximum Gasteiger partial charge on any atom is 0.335 e. The number of nitrogens with zero attached hydrogens (tertiary/aromatic N) is 4. The fraction of sp³-hybridized carbons (Fsp3) is 0.333. The lowest BCUT2D eigenvalue weighted by molar-refractivity contribution is 0.256. The summed E-state index contributed by atoms with van der Waals surface area (Å²) in [5, 5.41) is 2.22. The van der Waals surface area contributed by atoms with Crippen LogP contribution in [0.5, 0.6) is 0 Å². The Morgan fingerprint density at radius 1 is 1.00 bits per heavy atom. The van der Waals surface area contributed by atoms with Crippen molar-refractivity contribution >= 4 is 32.0 Å². The highest BCUT2D eigenvalue weighted by atomic mass is 32.2. The number of amides is 2. The molecule has 1 heterocycles. The van der Waals surface area contributed by atoms with Crippen LogP contribution in [0.2, 0.25) is 0 Å². The number of rotatable bonds is 6. The molecule has 1 aromatic heterocycles. The highest BCUT2D eigenvalue weighted by molar-refractivity contribution is 7.90. The smallest absolute Gasteiger partial charge is 0.275 e. The van der Waals surface area contributed by atoms with E-state index in [2.05, 4.69) is 20.3 Å². The van der Waals surface area contributed by atoms with Gasteiger partial charge in [-0.2, -0.15) is 9.97 Å². The monoisotopic (exact) mass is 428 g/mol. The first-order valence-corrected chi connectivity index (χ1v) is 11.0. The van der Waals surface area contributed by atoms with Crippen molar-refractivity contribution < 1.29 is 21.6 Å². The standard InChI is InChI=1S/C15H20N6O5S2/c1-10-16-11(2)18-14(17-10)19-15(22)20-28(25,26)13-8-6-5-7-12(13)9-27(23,24)21(3)4/h5-8H,9H2,1-4H3,(H2,16,17,18,19,20,22). The summed E-state index contributed by atoms with van der Waals surface area (Å²) in [6.07, 6.45) is 0. The molecule has 0 saturated carbocycles. The summed E-state index contributed by atoms with van der Waals surface area (Å²) < 4.78 is 52.3. The summed E-state index contributed by atoms with van der Waals surface area (Å²) in [4.78, 5) is 23.5. The predicted octanol–water partition coefficient (Wildman–Crippen LogP) is 0.390. The van der Waals surface area contributed by atoms with Crippen LogP contribution in [0.4, 0.5) is 10.7 Å². The summed E-state index contributed by atoms with van der Waals surface area (Å²) in [5.74, 6) is 0.0563. The van der Waals surface area contributed by atoms with Crippen LogP contribution in [0.25, 0.3) is 0 Å². The van der Waals surface area contributed by atoms with Gasteiger partial charge in [0.25, 0.3) is 10.0 Å². The van der Waals surface area contributed by atoms with Crippen LogP contribution < -0.4 is 10.0 Å². The largest absolute Gasteiger partial charge is 0.335 e. The number of urea groups is 1. The molecule has 0 aliphatic heterocycles. The second kappa shape index (κ2) is 8.16. The summed E-state index contributed by atoms with van der Waals surface area (Å²) in [6, 6.07) is 4.43. The third kappa shape index (κ3) is 5.43. The molecular formula is C15H20N6O5S2. The molecule has 2 aromatic rings. The van der Waals surface area contributed by atoms with Crippen LogP contribution in [0.15, 0.2) is 29.2 Å². The first kappa shape index (κ1) is 21.7. The Balaban J connectivity index is 2.26. The van der Waals surface area contributed by atoms with Gasteiger partial charge in [0.15, 0.2) is 0 Å². The van der Waals surface area contributed by atoms with Gasteiger partial charge in [0, 0.05) is 14.1 Å². The fourth-order valence-electron chi connectivity index (χ4n) is 2.19. The van der Waals surface area contributed by atoms with Gasteiger partial charge in [0.2, 0.25) is 16.0 Å². The molecular weight excluding hydrogens is 408 g/mol. The van der Waals surface area contributed by atoms with Crippen molar-refractivity contribution in [2.45, 2.75) is 24.5 Å². The fourth-order valence-corrected chi connectivity index (χ4v) is 4.33. The van der Waals surface area contributed by atoms with E-state index in [0.717, 1.165) is 4.31 Å². The first-order valence-electron chi connectivity index (χ1n) is 7.92. The average molecular weight is 428 g/mol. The number of aromatic nitrogens is 3. The SMILES string of the molecule is Cc1nc(C)nc(NC(=O)NS(=O)(=O)c2ccccc2CS(=O)(=O)N(C)C)n1. The van der Waals surface area contributed by atoms with Gasteiger partial charge in [-0.25, -0.2) is 35.6 Å². The van der Waals surface area contributed by atoms with E-state index in [1.807, 2.05) is 4.72 Å². The van der Waals surface area contributed by atoms with Crippen LogP contribution in [-0.2, 0) is 25.8 Å². The zero-order chi connectivity index (χ0) is 21.1. The Morgan fingerprint density at radius 2 is 1.57 bits per heavy atom. The molecule has 2 N–H and O–H groups in total. The Labute approximate surface area is 163 Å². The Kier molecular flexibility index (Phi) is 6.31. The summed E-state index contributed by atoms with van der Waals surface area (Å²) in [5.41, 5.74) is 0.0309. The van der Waals surface area contributed by atoms with E-state index in [1.54, 1.807) is 13.8 Å². The van der Waals surface area contributed by atoms with Gasteiger partial charge in [0.1, 0.15) is 11.6 Å². The van der Waals surface area contributed by atoms with Crippen molar-refractivity contribution in [1.29, 1.82) is 0 Å². The zero-order valence-corrected chi connectivity index (χ0v) is 17.3. The van der Waals surface area contributed by atoms with E-state index in [1.165, 1.54) is 38.4 Å². The van der Waals surface area contributed by atoms with E-state index in [-0.39, 0.29) is 16.4 Å². The Hall–Kier alpha value is -2.64. The molecule has 0 aliphatic rings. The number of hydrogen-bond acceptors (Lipinski definition) is 8. The number of hydrogen-bond donors (Lipinski definition) is 2. The Bertz CT molecular complexity index is 1080. The maximum atomic E-state index is 12.6. The zero-order valence-electron chi connectivity index (χ0n) is 15.7. The molecule has 152 valence electrons. The molecule has 0 aliphatic carbocycles. The molecule has 2 rings (SSSR count). The number of carbonyl (C=O) groups excluding carboxylic acids is 1. The minimum Gasteiger partial charge on any atom is -0.275 e. The van der Waals surface area contributed by atoms with Crippen molar-refractivity contribution in [3.05, 3.63) is 41.5 Å². The lowest BCUT2D eigenvalue weighted by atomic mass is 10.2. The molecule has 28 heavy (non-hydrogen) atoms. The number of benzene rings is 1. The molecule has 13 heteroatoms. The molecule has 0 atom stereocenters. The highest BCUT2D eigenvalue weighted by Crippen LogP contribution is 2.19. The van der Waals surface area contributed by atoms with Crippen LogP contribution in [-0.4, -0.2) is 56.2 Å². The van der Waals surface area contributed by atoms with Crippen molar-refractivity contribution in [3.63, 3.8) is 0 Å². The lowest BCUT2D eigenvalue weighted by Gasteiger charge is -2.15. The van der Waals surface area contributed by atoms with E-state index in [9.17, 15) is 21.6 Å². The van der Waals surface area contributed by atoms with Crippen LogP contribution in [0.1, 0.15) is 17.2 Å². The summed E-state index contributed by atoms with van der Waals surface area (Å²) >= 11 is 0. The second-order valence-corrected chi connectivity index (χ2v) is 9.79. The number of nitrogens with one attached hydrogen (secondary N) is 2. The van der Waals surface area contributed by atoms with Gasteiger partial charge in [-0.1, -0.05) is 18.2 Å². The molecule has 11 nitrogen and oxygen atoms in total. The van der Waals surface area contributed by atoms with Crippen LogP contribution in [0.3, 0.4) is 0 Å². The van der Waals surface area contributed by atoms with Crippen LogP contribution >= 0.6 is 0 Å². The predicted molar refractivity (Wildman–Crippen MR) is 101 cm³/mol. The normalized spacial score (nSPS) is 12.0. The van der Waals surface area contributed by atoms with Gasteiger partial charge in [-0.3, -0.25) is 5.32 Å². The van der Waals surface area contributed by atoms with E-state index in [4.69, 9.17) is 0 Å². The third-order valence-corrected chi connectivity index (χ3v) is 6.69. The summed E-state index contributed by atoms with van der Waals surface area (Å²) in [6.45, 7) is 3.19. The third-order valence-electron chi connectivity index (χ3n) is 3.47. The number of sulfonamides is 2. The number of aryl methyl sites for hydroxylation is 2. The lowest BCUT2D eigenvalue weighted by Crippen LogP contribution is -2.35. The van der Waals surface area contributed by atoms with Crippen LogP contribution in [0, 0.1) is 13.8 Å². The number of anilines is 1. The maximum absolute atomic E-state index is 12.6. The van der Waals surface area contributed by atoms with Crippen molar-refractivity contribution in [2.24, 2.45) is 0 Å². The molecule has 2 amide bonds. The molecule has 0 spiro atoms. The van der Waals surface area contributed by atoms with Gasteiger partial charge in [-0.05, 0) is 25.5 Å². The quantitative estimate of drug-likeness (QED) is 0.670. The summed E-state index contributed by atoms with van der Waals surface area (Å²) in [7, 11) is -5.36. The molecule has 0 unspecified atom stereocenters. The van der Waals surface area contributed by atoms with E-state index < -0.39 is 31.8 Å². The number of carbonyl (C=O) groups is 1. The topological polar surface area (TPSA) is 151 Å². The second-order valence-electron chi connectivity index (χ2n) is 5.96. The minimum absolute atomic E-state index is 0.0309. The molecule has 1 aromatic carbocycles. The minimum atomic E-state index is -4.34. The van der Waals surface area contributed by atoms with Crippen molar-refractivity contribution in [3.8, 4) is 0 Å². The van der Waals surface area contributed by atoms with E-state index >= 15 is 0 Å². The molecule has 0 saturated heterocycles. The first-order chi connectivity index (χ1) is 12.9. The molecule has 0 bridgehead atoms. The van der Waals surface area contributed by atoms with Crippen molar-refractivity contribution in [2.75, 3.05) is 19.4 Å².